The summed E-state index contributed by atoms with van der Waals surface area (Å²) in [6, 6.07) is 10.3. The summed E-state index contributed by atoms with van der Waals surface area (Å²) in [6.07, 6.45) is 3.26. The molecule has 1 aromatic carbocycles. The van der Waals surface area contributed by atoms with Crippen LogP contribution in [0.25, 0.3) is 0 Å². The Balaban J connectivity index is 1.62. The molecule has 0 spiro atoms. The number of nitrogens with one attached hydrogen (secondary N) is 1. The van der Waals surface area contributed by atoms with Crippen LogP contribution in [0.4, 0.5) is 11.5 Å². The lowest BCUT2D eigenvalue weighted by atomic mass is 10.1. The molecule has 0 atom stereocenters. The predicted molar refractivity (Wildman–Crippen MR) is 97.5 cm³/mol. The molecule has 1 fully saturated rings. The third-order valence-electron chi connectivity index (χ3n) is 4.20. The second kappa shape index (κ2) is 8.42. The van der Waals surface area contributed by atoms with Crippen molar-refractivity contribution < 1.29 is 14.3 Å². The minimum atomic E-state index is -0.348. The number of amides is 1. The molecule has 0 bridgehead atoms. The summed E-state index contributed by atoms with van der Waals surface area (Å²) in [5, 5.41) is 11.2. The minimum absolute atomic E-state index is 0.0671. The van der Waals surface area contributed by atoms with E-state index in [1.54, 1.807) is 43.3 Å². The molecule has 1 saturated heterocycles. The zero-order chi connectivity index (χ0) is 18.4. The van der Waals surface area contributed by atoms with Crippen molar-refractivity contribution in [1.82, 2.24) is 15.1 Å². The predicted octanol–water partition coefficient (Wildman–Crippen LogP) is 3.02. The number of esters is 1. The number of benzene rings is 1. The third kappa shape index (κ3) is 4.36. The molecule has 2 aromatic rings. The molecule has 1 N–H and O–H groups in total. The zero-order valence-electron chi connectivity index (χ0n) is 14.8. The van der Waals surface area contributed by atoms with Gasteiger partial charge in [0.1, 0.15) is 0 Å². The molecule has 0 radical (unpaired) electrons. The van der Waals surface area contributed by atoms with Gasteiger partial charge in [-0.2, -0.15) is 0 Å². The molecule has 3 rings (SSSR count). The van der Waals surface area contributed by atoms with Crippen LogP contribution >= 0.6 is 0 Å². The monoisotopic (exact) mass is 354 g/mol. The van der Waals surface area contributed by atoms with Crippen molar-refractivity contribution in [3.63, 3.8) is 0 Å². The molecular weight excluding hydrogens is 332 g/mol. The van der Waals surface area contributed by atoms with Gasteiger partial charge in [-0.25, -0.2) is 4.79 Å². The van der Waals surface area contributed by atoms with Crippen LogP contribution in [0.3, 0.4) is 0 Å². The van der Waals surface area contributed by atoms with Gasteiger partial charge in [0.2, 0.25) is 0 Å². The fraction of sp³-hybridized carbons (Fsp3) is 0.368. The third-order valence-corrected chi connectivity index (χ3v) is 4.20. The first-order valence-corrected chi connectivity index (χ1v) is 8.84. The van der Waals surface area contributed by atoms with Gasteiger partial charge in [0, 0.05) is 18.8 Å². The lowest BCUT2D eigenvalue weighted by Crippen LogP contribution is -2.36. The fourth-order valence-corrected chi connectivity index (χ4v) is 2.82. The number of piperidine rings is 1. The maximum Gasteiger partial charge on any atom is 0.338 e. The van der Waals surface area contributed by atoms with E-state index in [0.29, 0.717) is 23.7 Å². The van der Waals surface area contributed by atoms with Crippen LogP contribution in [-0.4, -0.2) is 46.7 Å². The maximum atomic E-state index is 12.4. The van der Waals surface area contributed by atoms with E-state index in [1.165, 1.54) is 6.42 Å². The van der Waals surface area contributed by atoms with Crippen molar-refractivity contribution in [2.45, 2.75) is 26.2 Å². The second-order valence-electron chi connectivity index (χ2n) is 6.08. The van der Waals surface area contributed by atoms with E-state index in [1.807, 2.05) is 4.90 Å². The minimum Gasteiger partial charge on any atom is -0.462 e. The number of nitrogens with zero attached hydrogens (tertiary/aromatic N) is 3. The van der Waals surface area contributed by atoms with Crippen LogP contribution in [0.5, 0.6) is 0 Å². The standard InChI is InChI=1S/C19H22N4O3/c1-2-26-19(25)14-6-8-15(9-7-14)20-17-11-10-16(21-22-17)18(24)23-12-4-3-5-13-23/h6-11H,2-5,12-13H2,1H3,(H,20,22). The summed E-state index contributed by atoms with van der Waals surface area (Å²) >= 11 is 0. The maximum absolute atomic E-state index is 12.4. The molecule has 1 amide bonds. The molecule has 26 heavy (non-hydrogen) atoms. The first-order chi connectivity index (χ1) is 12.7. The Kier molecular flexibility index (Phi) is 5.78. The van der Waals surface area contributed by atoms with Gasteiger partial charge in [-0.1, -0.05) is 0 Å². The van der Waals surface area contributed by atoms with E-state index in [2.05, 4.69) is 15.5 Å². The van der Waals surface area contributed by atoms with Gasteiger partial charge in [0.05, 0.1) is 12.2 Å². The van der Waals surface area contributed by atoms with Crippen molar-refractivity contribution in [3.8, 4) is 0 Å². The summed E-state index contributed by atoms with van der Waals surface area (Å²) in [7, 11) is 0. The van der Waals surface area contributed by atoms with E-state index in [0.717, 1.165) is 31.6 Å². The van der Waals surface area contributed by atoms with Crippen LogP contribution in [0.1, 0.15) is 47.0 Å². The molecular formula is C19H22N4O3. The van der Waals surface area contributed by atoms with Gasteiger partial charge in [-0.05, 0) is 62.6 Å². The van der Waals surface area contributed by atoms with E-state index in [9.17, 15) is 9.59 Å². The van der Waals surface area contributed by atoms with Gasteiger partial charge < -0.3 is 15.0 Å². The van der Waals surface area contributed by atoms with Crippen molar-refractivity contribution in [3.05, 3.63) is 47.7 Å². The fourth-order valence-electron chi connectivity index (χ4n) is 2.82. The van der Waals surface area contributed by atoms with Crippen LogP contribution < -0.4 is 5.32 Å². The number of anilines is 2. The van der Waals surface area contributed by atoms with Crippen LogP contribution in [0, 0.1) is 0 Å². The Morgan fingerprint density at radius 2 is 1.77 bits per heavy atom. The molecule has 0 unspecified atom stereocenters. The highest BCUT2D eigenvalue weighted by Crippen LogP contribution is 2.17. The number of likely N-dealkylation sites (tertiary alicyclic amines) is 1. The highest BCUT2D eigenvalue weighted by Gasteiger charge is 2.19. The largest absolute Gasteiger partial charge is 0.462 e. The average molecular weight is 354 g/mol. The normalized spacial score (nSPS) is 14.0. The summed E-state index contributed by atoms with van der Waals surface area (Å²) < 4.78 is 4.95. The lowest BCUT2D eigenvalue weighted by molar-refractivity contribution is 0.0526. The Morgan fingerprint density at radius 3 is 2.38 bits per heavy atom. The summed E-state index contributed by atoms with van der Waals surface area (Å²) in [5.74, 6) is 0.117. The van der Waals surface area contributed by atoms with E-state index < -0.39 is 0 Å². The quantitative estimate of drug-likeness (QED) is 0.831. The van der Waals surface area contributed by atoms with E-state index in [4.69, 9.17) is 4.74 Å². The summed E-state index contributed by atoms with van der Waals surface area (Å²) in [5.41, 5.74) is 1.61. The van der Waals surface area contributed by atoms with Crippen molar-refractivity contribution in [1.29, 1.82) is 0 Å². The zero-order valence-corrected chi connectivity index (χ0v) is 14.8. The molecule has 136 valence electrons. The van der Waals surface area contributed by atoms with Gasteiger partial charge in [-0.15, -0.1) is 10.2 Å². The van der Waals surface area contributed by atoms with Crippen LogP contribution in [0.2, 0.25) is 0 Å². The number of carbonyl (C=O) groups excluding carboxylic acids is 2. The Morgan fingerprint density at radius 1 is 1.04 bits per heavy atom. The number of carbonyl (C=O) groups is 2. The van der Waals surface area contributed by atoms with Crippen molar-refractivity contribution in [2.75, 3.05) is 25.0 Å². The molecule has 7 nitrogen and oxygen atoms in total. The number of ether oxygens (including phenoxy) is 1. The molecule has 0 saturated carbocycles. The van der Waals surface area contributed by atoms with E-state index in [-0.39, 0.29) is 11.9 Å². The van der Waals surface area contributed by atoms with E-state index >= 15 is 0 Å². The Labute approximate surface area is 152 Å². The highest BCUT2D eigenvalue weighted by molar-refractivity contribution is 5.92. The van der Waals surface area contributed by atoms with Gasteiger partial charge in [0.15, 0.2) is 11.5 Å². The SMILES string of the molecule is CCOC(=O)c1ccc(Nc2ccc(C(=O)N3CCCCC3)nn2)cc1. The Bertz CT molecular complexity index is 753. The number of aromatic nitrogens is 2. The molecule has 1 aliphatic rings. The number of hydrogen-bond donors (Lipinski definition) is 1. The van der Waals surface area contributed by atoms with Gasteiger partial charge >= 0.3 is 5.97 Å². The lowest BCUT2D eigenvalue weighted by Gasteiger charge is -2.26. The summed E-state index contributed by atoms with van der Waals surface area (Å²) in [4.78, 5) is 25.9. The van der Waals surface area contributed by atoms with Gasteiger partial charge in [0.25, 0.3) is 5.91 Å². The number of hydrogen-bond acceptors (Lipinski definition) is 6. The smallest absolute Gasteiger partial charge is 0.338 e. The molecule has 1 aliphatic heterocycles. The number of rotatable bonds is 5. The molecule has 2 heterocycles. The first kappa shape index (κ1) is 17.8. The first-order valence-electron chi connectivity index (χ1n) is 8.84. The van der Waals surface area contributed by atoms with Crippen LogP contribution in [0.15, 0.2) is 36.4 Å². The van der Waals surface area contributed by atoms with Gasteiger partial charge in [-0.3, -0.25) is 4.79 Å². The van der Waals surface area contributed by atoms with Crippen LogP contribution in [-0.2, 0) is 4.74 Å². The van der Waals surface area contributed by atoms with Crippen molar-refractivity contribution >= 4 is 23.4 Å². The molecule has 7 heteroatoms. The van der Waals surface area contributed by atoms with Crippen molar-refractivity contribution in [2.24, 2.45) is 0 Å². The second-order valence-corrected chi connectivity index (χ2v) is 6.08. The topological polar surface area (TPSA) is 84.4 Å². The molecule has 0 aliphatic carbocycles. The highest BCUT2D eigenvalue weighted by atomic mass is 16.5. The summed E-state index contributed by atoms with van der Waals surface area (Å²) in [6.45, 7) is 3.68. The average Bonchev–Trinajstić information content (AvgIpc) is 2.69. The Hall–Kier alpha value is -2.96. The molecule has 1 aromatic heterocycles.